The molecule has 5 rings (SSSR count). The summed E-state index contributed by atoms with van der Waals surface area (Å²) in [5.74, 6) is 3.35. The number of piperazine rings is 1. The lowest BCUT2D eigenvalue weighted by Gasteiger charge is -2.49. The maximum atomic E-state index is 10.2. The molecule has 3 aliphatic heterocycles. The zero-order valence-electron chi connectivity index (χ0n) is 31.2. The normalized spacial score (nSPS) is 19.0. The van der Waals surface area contributed by atoms with Crippen molar-refractivity contribution >= 4 is 17.1 Å². The topological polar surface area (TPSA) is 94.2 Å². The molecular formula is C39H61N7O3. The average molecular weight is 676 g/mol. The summed E-state index contributed by atoms with van der Waals surface area (Å²) in [6.07, 6.45) is 7.63. The molecule has 0 bridgehead atoms. The van der Waals surface area contributed by atoms with Crippen LogP contribution in [0.1, 0.15) is 78.7 Å². The molecule has 0 spiro atoms. The van der Waals surface area contributed by atoms with Crippen LogP contribution in [0.25, 0.3) is 5.57 Å². The number of aliphatic hydroxyl groups excluding tert-OH is 1. The number of aliphatic hydroxyl groups is 1. The molecular weight excluding hydrogens is 614 g/mol. The number of anilines is 2. The highest BCUT2D eigenvalue weighted by Gasteiger charge is 2.37. The van der Waals surface area contributed by atoms with Crippen molar-refractivity contribution in [1.29, 1.82) is 0 Å². The zero-order chi connectivity index (χ0) is 36.1. The van der Waals surface area contributed by atoms with E-state index in [2.05, 4.69) is 75.1 Å². The third-order valence-corrected chi connectivity index (χ3v) is 9.30. The summed E-state index contributed by atoms with van der Waals surface area (Å²) in [7, 11) is 0. The number of fused-ring (bicyclic) bond motifs is 3. The van der Waals surface area contributed by atoms with E-state index in [-0.39, 0.29) is 11.7 Å². The Labute approximate surface area is 295 Å². The number of aromatic nitrogens is 3. The fraction of sp³-hybridized carbons (Fsp3) is 0.564. The molecule has 2 unspecified atom stereocenters. The van der Waals surface area contributed by atoms with E-state index in [4.69, 9.17) is 9.26 Å². The summed E-state index contributed by atoms with van der Waals surface area (Å²) in [5, 5.41) is 23.3. The summed E-state index contributed by atoms with van der Waals surface area (Å²) in [6, 6.07) is 4.22. The van der Waals surface area contributed by atoms with E-state index in [9.17, 15) is 5.11 Å². The van der Waals surface area contributed by atoms with Crippen LogP contribution in [0.2, 0.25) is 0 Å². The molecule has 5 heterocycles. The fourth-order valence-electron chi connectivity index (χ4n) is 6.80. The molecule has 0 amide bonds. The van der Waals surface area contributed by atoms with Crippen molar-refractivity contribution in [1.82, 2.24) is 25.2 Å². The van der Waals surface area contributed by atoms with Gasteiger partial charge in [0.05, 0.1) is 17.4 Å². The van der Waals surface area contributed by atoms with Gasteiger partial charge in [0.25, 0.3) is 5.88 Å². The molecule has 270 valence electrons. The van der Waals surface area contributed by atoms with Crippen LogP contribution >= 0.6 is 0 Å². The lowest BCUT2D eigenvalue weighted by atomic mass is 9.94. The number of ether oxygens (including phenoxy) is 1. The number of allylic oxidation sites excluding steroid dienone is 5. The number of likely N-dealkylation sites (tertiary alicyclic amines) is 1. The Kier molecular flexibility index (Phi) is 15.6. The van der Waals surface area contributed by atoms with Gasteiger partial charge in [0.1, 0.15) is 18.1 Å². The Morgan fingerprint density at radius 2 is 1.73 bits per heavy atom. The number of rotatable bonds is 13. The lowest BCUT2D eigenvalue weighted by molar-refractivity contribution is 0.118. The monoisotopic (exact) mass is 675 g/mol. The summed E-state index contributed by atoms with van der Waals surface area (Å²) in [4.78, 5) is 9.75. The number of piperidine rings is 1. The Balaban J connectivity index is 0.00000157. The van der Waals surface area contributed by atoms with Gasteiger partial charge in [-0.3, -0.25) is 9.80 Å². The van der Waals surface area contributed by atoms with Gasteiger partial charge < -0.3 is 24.2 Å². The van der Waals surface area contributed by atoms with Gasteiger partial charge in [-0.25, -0.2) is 0 Å². The maximum absolute atomic E-state index is 10.2. The molecule has 0 aromatic carbocycles. The van der Waals surface area contributed by atoms with E-state index < -0.39 is 0 Å². The molecule has 2 atom stereocenters. The minimum atomic E-state index is -0.0516. The molecule has 10 heteroatoms. The van der Waals surface area contributed by atoms with Crippen molar-refractivity contribution < 1.29 is 14.4 Å². The van der Waals surface area contributed by atoms with Crippen LogP contribution in [-0.2, 0) is 0 Å². The van der Waals surface area contributed by atoms with E-state index in [1.165, 1.54) is 12.8 Å². The number of hydrogen-bond acceptors (Lipinski definition) is 10. The van der Waals surface area contributed by atoms with Gasteiger partial charge in [0.15, 0.2) is 5.82 Å². The second-order valence-electron chi connectivity index (χ2n) is 12.9. The zero-order valence-corrected chi connectivity index (χ0v) is 31.2. The second kappa shape index (κ2) is 19.3. The quantitative estimate of drug-likeness (QED) is 0.129. The van der Waals surface area contributed by atoms with Crippen molar-refractivity contribution in [3.63, 3.8) is 0 Å². The van der Waals surface area contributed by atoms with Crippen molar-refractivity contribution in [2.45, 2.75) is 73.3 Å². The molecule has 0 radical (unpaired) electrons. The first-order chi connectivity index (χ1) is 23.7. The molecule has 3 aliphatic rings. The molecule has 49 heavy (non-hydrogen) atoms. The first-order valence-corrected chi connectivity index (χ1v) is 18.1. The number of hydrogen-bond donors (Lipinski definition) is 1. The van der Waals surface area contributed by atoms with Crippen LogP contribution in [0.3, 0.4) is 0 Å². The van der Waals surface area contributed by atoms with Crippen molar-refractivity contribution in [2.24, 2.45) is 11.8 Å². The minimum absolute atomic E-state index is 0.0516. The smallest absolute Gasteiger partial charge is 0.254 e. The largest absolute Gasteiger partial charge is 0.508 e. The van der Waals surface area contributed by atoms with Gasteiger partial charge in [-0.05, 0) is 62.0 Å². The van der Waals surface area contributed by atoms with Crippen LogP contribution in [0.4, 0.5) is 11.5 Å². The highest BCUT2D eigenvalue weighted by Crippen LogP contribution is 2.38. The molecule has 2 aromatic heterocycles. The van der Waals surface area contributed by atoms with E-state index in [0.29, 0.717) is 41.6 Å². The van der Waals surface area contributed by atoms with Gasteiger partial charge >= 0.3 is 0 Å². The van der Waals surface area contributed by atoms with Crippen LogP contribution in [0, 0.1) is 11.8 Å². The van der Waals surface area contributed by atoms with Crippen LogP contribution in [0.15, 0.2) is 72.7 Å². The molecule has 10 nitrogen and oxygen atoms in total. The van der Waals surface area contributed by atoms with Crippen molar-refractivity contribution in [3.8, 4) is 5.88 Å². The standard InChI is InChI=1S/C35H49N7O3.2C2H6/c1-8-10-30(26(7)43)31-19-32-35(37-36-31)42(25(5)6)23-28-22-40(15-16-41(28)32)21-27-11-13-39(14-12-27)17-18-44-34-20-33(45-38-34)29(9-2)24(3)4;2*1-2/h8-10,19-20,24,27-29,43H,1-2,5,7,11-18,21-23H2,3-4,6H3;2*1-2H3/b30-10+;;. The maximum Gasteiger partial charge on any atom is 0.254 e. The predicted octanol–water partition coefficient (Wildman–Crippen LogP) is 7.72. The van der Waals surface area contributed by atoms with E-state index >= 15 is 0 Å². The summed E-state index contributed by atoms with van der Waals surface area (Å²) in [5.41, 5.74) is 3.07. The van der Waals surface area contributed by atoms with Crippen LogP contribution in [-0.4, -0.2) is 95.3 Å². The Morgan fingerprint density at radius 1 is 1.02 bits per heavy atom. The minimum Gasteiger partial charge on any atom is -0.508 e. The summed E-state index contributed by atoms with van der Waals surface area (Å²) in [6.45, 7) is 38.4. The van der Waals surface area contributed by atoms with Gasteiger partial charge in [0, 0.05) is 62.5 Å². The Morgan fingerprint density at radius 3 is 2.35 bits per heavy atom. The van der Waals surface area contributed by atoms with Crippen LogP contribution < -0.4 is 14.5 Å². The molecule has 0 saturated carbocycles. The SMILES string of the molecule is C=C/C=C(\C(=C)O)c1cc2c(nn1)N(C(=C)C)CC1CN(CC3CCN(CCOc4cc(C(C=C)C(C)C)on4)CC3)CCN21.CC.CC. The lowest BCUT2D eigenvalue weighted by Crippen LogP contribution is -2.60. The third kappa shape index (κ3) is 10.1. The third-order valence-electron chi connectivity index (χ3n) is 9.30. The van der Waals surface area contributed by atoms with E-state index in [1.807, 2.05) is 52.8 Å². The molecule has 2 fully saturated rings. The highest BCUT2D eigenvalue weighted by atomic mass is 16.5. The van der Waals surface area contributed by atoms with E-state index in [0.717, 1.165) is 75.3 Å². The van der Waals surface area contributed by atoms with Gasteiger partial charge in [-0.2, -0.15) is 0 Å². The van der Waals surface area contributed by atoms with Gasteiger partial charge in [-0.15, -0.1) is 16.8 Å². The predicted molar refractivity (Wildman–Crippen MR) is 203 cm³/mol. The fourth-order valence-corrected chi connectivity index (χ4v) is 6.80. The van der Waals surface area contributed by atoms with Crippen LogP contribution in [0.5, 0.6) is 5.88 Å². The highest BCUT2D eigenvalue weighted by molar-refractivity contribution is 5.80. The average Bonchev–Trinajstić information content (AvgIpc) is 3.57. The molecule has 2 saturated heterocycles. The van der Waals surface area contributed by atoms with E-state index in [1.54, 1.807) is 12.2 Å². The Bertz CT molecular complexity index is 1410. The van der Waals surface area contributed by atoms with Crippen molar-refractivity contribution in [2.75, 3.05) is 68.8 Å². The van der Waals surface area contributed by atoms with Crippen molar-refractivity contribution in [3.05, 3.63) is 79.6 Å². The number of nitrogens with zero attached hydrogens (tertiary/aromatic N) is 7. The van der Waals surface area contributed by atoms with Gasteiger partial charge in [-0.1, -0.05) is 73.4 Å². The molecule has 2 aromatic rings. The molecule has 1 N–H and O–H groups in total. The Hall–Kier alpha value is -3.89. The summed E-state index contributed by atoms with van der Waals surface area (Å²) >= 11 is 0. The second-order valence-corrected chi connectivity index (χ2v) is 12.9. The first kappa shape index (κ1) is 39.5. The van der Waals surface area contributed by atoms with Gasteiger partial charge in [0.2, 0.25) is 0 Å². The molecule has 0 aliphatic carbocycles. The summed E-state index contributed by atoms with van der Waals surface area (Å²) < 4.78 is 11.4. The first-order valence-electron chi connectivity index (χ1n) is 18.1.